The van der Waals surface area contributed by atoms with Crippen molar-refractivity contribution in [3.63, 3.8) is 0 Å². The van der Waals surface area contributed by atoms with Crippen LogP contribution in [0.1, 0.15) is 17.7 Å². The predicted molar refractivity (Wildman–Crippen MR) is 84.8 cm³/mol. The van der Waals surface area contributed by atoms with Gasteiger partial charge in [-0.25, -0.2) is 0 Å². The van der Waals surface area contributed by atoms with E-state index in [1.54, 1.807) is 0 Å². The van der Waals surface area contributed by atoms with Gasteiger partial charge in [-0.3, -0.25) is 0 Å². The zero-order valence-electron chi connectivity index (χ0n) is 10.6. The molecular formula is C16H16ClNS. The second-order valence-corrected chi connectivity index (χ2v) is 6.35. The van der Waals surface area contributed by atoms with Crippen LogP contribution >= 0.6 is 22.9 Å². The lowest BCUT2D eigenvalue weighted by atomic mass is 10.2. The second-order valence-electron chi connectivity index (χ2n) is 4.79. The van der Waals surface area contributed by atoms with Gasteiger partial charge in [0.1, 0.15) is 0 Å². The van der Waals surface area contributed by atoms with Crippen LogP contribution in [0, 0.1) is 0 Å². The molecular weight excluding hydrogens is 274 g/mol. The second kappa shape index (κ2) is 5.91. The van der Waals surface area contributed by atoms with E-state index >= 15 is 0 Å². The molecule has 0 bridgehead atoms. The lowest BCUT2D eigenvalue weighted by Gasteiger charge is -1.96. The fraction of sp³-hybridized carbons (Fsp3) is 0.250. The van der Waals surface area contributed by atoms with Crippen molar-refractivity contribution in [2.45, 2.75) is 18.9 Å². The molecule has 1 nitrogen and oxygen atoms in total. The quantitative estimate of drug-likeness (QED) is 0.831. The maximum Gasteiger partial charge on any atom is 0.0406 e. The minimum absolute atomic E-state index is 0.776. The van der Waals surface area contributed by atoms with Crippen LogP contribution < -0.4 is 5.32 Å². The third kappa shape index (κ3) is 3.69. The standard InChI is InChI=1S/C16H16ClNS/c17-13-5-3-12(4-6-13)16-10-9-15(19-16)2-1-11-18-14-7-8-14/h1-6,9-10,14,18H,7-8,11H2. The summed E-state index contributed by atoms with van der Waals surface area (Å²) in [5, 5.41) is 4.26. The normalized spacial score (nSPS) is 15.2. The predicted octanol–water partition coefficient (Wildman–Crippen LogP) is 4.83. The summed E-state index contributed by atoms with van der Waals surface area (Å²) in [6.07, 6.45) is 7.08. The van der Waals surface area contributed by atoms with Crippen LogP contribution in [0.25, 0.3) is 16.5 Å². The highest BCUT2D eigenvalue weighted by Crippen LogP contribution is 2.29. The number of halogens is 1. The molecule has 0 unspecified atom stereocenters. The van der Waals surface area contributed by atoms with Crippen molar-refractivity contribution in [1.29, 1.82) is 0 Å². The molecule has 1 fully saturated rings. The minimum atomic E-state index is 0.776. The van der Waals surface area contributed by atoms with Crippen molar-refractivity contribution < 1.29 is 0 Å². The average molecular weight is 290 g/mol. The van der Waals surface area contributed by atoms with Crippen molar-refractivity contribution in [2.24, 2.45) is 0 Å². The van der Waals surface area contributed by atoms with Crippen molar-refractivity contribution in [2.75, 3.05) is 6.54 Å². The van der Waals surface area contributed by atoms with Gasteiger partial charge in [0.25, 0.3) is 0 Å². The van der Waals surface area contributed by atoms with Gasteiger partial charge in [0.2, 0.25) is 0 Å². The summed E-state index contributed by atoms with van der Waals surface area (Å²) in [6.45, 7) is 0.971. The number of rotatable bonds is 5. The lowest BCUT2D eigenvalue weighted by Crippen LogP contribution is -2.15. The summed E-state index contributed by atoms with van der Waals surface area (Å²) >= 11 is 7.71. The smallest absolute Gasteiger partial charge is 0.0406 e. The topological polar surface area (TPSA) is 12.0 Å². The van der Waals surface area contributed by atoms with Gasteiger partial charge in [0.05, 0.1) is 0 Å². The number of hydrogen-bond acceptors (Lipinski definition) is 2. The van der Waals surface area contributed by atoms with E-state index in [0.29, 0.717) is 0 Å². The summed E-state index contributed by atoms with van der Waals surface area (Å²) in [5.74, 6) is 0. The number of nitrogens with one attached hydrogen (secondary N) is 1. The Balaban J connectivity index is 1.63. The van der Waals surface area contributed by atoms with Gasteiger partial charge in [-0.1, -0.05) is 29.8 Å². The Bertz CT molecular complexity index is 567. The largest absolute Gasteiger partial charge is 0.311 e. The molecule has 0 atom stereocenters. The summed E-state index contributed by atoms with van der Waals surface area (Å²) in [5.41, 5.74) is 1.23. The first-order chi connectivity index (χ1) is 9.31. The average Bonchev–Trinajstić information content (AvgIpc) is 3.13. The Morgan fingerprint density at radius 3 is 2.68 bits per heavy atom. The van der Waals surface area contributed by atoms with Crippen molar-refractivity contribution in [3.8, 4) is 10.4 Å². The van der Waals surface area contributed by atoms with Gasteiger partial charge in [-0.15, -0.1) is 11.3 Å². The molecule has 3 rings (SSSR count). The Hall–Kier alpha value is -1.09. The zero-order valence-corrected chi connectivity index (χ0v) is 12.2. The Morgan fingerprint density at radius 2 is 1.95 bits per heavy atom. The molecule has 1 aliphatic carbocycles. The fourth-order valence-corrected chi connectivity index (χ4v) is 2.98. The molecule has 1 aromatic carbocycles. The first kappa shape index (κ1) is 12.9. The Labute approximate surface area is 122 Å². The molecule has 0 aliphatic heterocycles. The minimum Gasteiger partial charge on any atom is -0.311 e. The molecule has 3 heteroatoms. The van der Waals surface area contributed by atoms with E-state index in [-0.39, 0.29) is 0 Å². The maximum absolute atomic E-state index is 5.90. The van der Waals surface area contributed by atoms with Crippen molar-refractivity contribution >= 4 is 29.0 Å². The van der Waals surface area contributed by atoms with Gasteiger partial charge in [0.15, 0.2) is 0 Å². The molecule has 0 spiro atoms. The highest BCUT2D eigenvalue weighted by molar-refractivity contribution is 7.16. The highest BCUT2D eigenvalue weighted by Gasteiger charge is 2.18. The van der Waals surface area contributed by atoms with Gasteiger partial charge < -0.3 is 5.32 Å². The maximum atomic E-state index is 5.90. The van der Waals surface area contributed by atoms with Gasteiger partial charge in [0, 0.05) is 27.4 Å². The first-order valence-corrected chi connectivity index (χ1v) is 7.76. The molecule has 2 aromatic rings. The van der Waals surface area contributed by atoms with E-state index in [1.165, 1.54) is 28.2 Å². The van der Waals surface area contributed by atoms with Gasteiger partial charge in [-0.05, 0) is 48.7 Å². The molecule has 1 saturated carbocycles. The third-order valence-electron chi connectivity index (χ3n) is 3.14. The van der Waals surface area contributed by atoms with E-state index in [4.69, 9.17) is 11.6 Å². The van der Waals surface area contributed by atoms with Crippen LogP contribution in [-0.2, 0) is 0 Å². The molecule has 0 amide bonds. The SMILES string of the molecule is Clc1ccc(-c2ccc(C=CCNC3CC3)s2)cc1. The highest BCUT2D eigenvalue weighted by atomic mass is 35.5. The van der Waals surface area contributed by atoms with E-state index < -0.39 is 0 Å². The molecule has 1 aromatic heterocycles. The molecule has 19 heavy (non-hydrogen) atoms. The van der Waals surface area contributed by atoms with Crippen molar-refractivity contribution in [1.82, 2.24) is 5.32 Å². The van der Waals surface area contributed by atoms with Gasteiger partial charge >= 0.3 is 0 Å². The van der Waals surface area contributed by atoms with Crippen LogP contribution in [0.2, 0.25) is 5.02 Å². The molecule has 1 N–H and O–H groups in total. The van der Waals surface area contributed by atoms with Crippen molar-refractivity contribution in [3.05, 3.63) is 52.4 Å². The van der Waals surface area contributed by atoms with Crippen LogP contribution in [0.15, 0.2) is 42.5 Å². The number of hydrogen-bond donors (Lipinski definition) is 1. The van der Waals surface area contributed by atoms with Crippen LogP contribution in [-0.4, -0.2) is 12.6 Å². The summed E-state index contributed by atoms with van der Waals surface area (Å²) in [7, 11) is 0. The van der Waals surface area contributed by atoms with E-state index in [0.717, 1.165) is 17.6 Å². The summed E-state index contributed by atoms with van der Waals surface area (Å²) in [4.78, 5) is 2.58. The van der Waals surface area contributed by atoms with Gasteiger partial charge in [-0.2, -0.15) is 0 Å². The number of thiophene rings is 1. The van der Waals surface area contributed by atoms with Crippen LogP contribution in [0.4, 0.5) is 0 Å². The molecule has 1 heterocycles. The Morgan fingerprint density at radius 1 is 1.16 bits per heavy atom. The Kier molecular flexibility index (Phi) is 4.02. The number of benzene rings is 1. The van der Waals surface area contributed by atoms with Crippen LogP contribution in [0.5, 0.6) is 0 Å². The molecule has 0 radical (unpaired) electrons. The van der Waals surface area contributed by atoms with Crippen LogP contribution in [0.3, 0.4) is 0 Å². The zero-order chi connectivity index (χ0) is 13.1. The monoisotopic (exact) mass is 289 g/mol. The lowest BCUT2D eigenvalue weighted by molar-refractivity contribution is 0.754. The van der Waals surface area contributed by atoms with E-state index in [9.17, 15) is 0 Å². The third-order valence-corrected chi connectivity index (χ3v) is 4.49. The first-order valence-electron chi connectivity index (χ1n) is 6.57. The molecule has 0 saturated heterocycles. The fourth-order valence-electron chi connectivity index (χ4n) is 1.91. The molecule has 98 valence electrons. The summed E-state index contributed by atoms with van der Waals surface area (Å²) in [6, 6.07) is 13.1. The summed E-state index contributed by atoms with van der Waals surface area (Å²) < 4.78 is 0. The molecule has 1 aliphatic rings. The van der Waals surface area contributed by atoms with E-state index in [1.807, 2.05) is 23.5 Å². The van der Waals surface area contributed by atoms with E-state index in [2.05, 4.69) is 41.7 Å².